The van der Waals surface area contributed by atoms with Gasteiger partial charge >= 0.3 is 17.9 Å². The van der Waals surface area contributed by atoms with E-state index in [0.29, 0.717) is 72.2 Å². The van der Waals surface area contributed by atoms with E-state index in [1.807, 2.05) is 44.2 Å². The second kappa shape index (κ2) is 16.0. The van der Waals surface area contributed by atoms with Gasteiger partial charge in [-0.05, 0) is 104 Å². The van der Waals surface area contributed by atoms with E-state index >= 15 is 0 Å². The van der Waals surface area contributed by atoms with Crippen LogP contribution in [0.2, 0.25) is 0 Å². The van der Waals surface area contributed by atoms with Gasteiger partial charge in [-0.3, -0.25) is 0 Å². The zero-order chi connectivity index (χ0) is 32.2. The van der Waals surface area contributed by atoms with Crippen LogP contribution < -0.4 is 24.4 Å². The lowest BCUT2D eigenvalue weighted by molar-refractivity contribution is -0.137. The lowest BCUT2D eigenvalue weighted by atomic mass is 9.97. The molecule has 4 aromatic rings. The first-order chi connectivity index (χ1) is 21.7. The summed E-state index contributed by atoms with van der Waals surface area (Å²) in [5, 5.41) is 0. The van der Waals surface area contributed by atoms with Gasteiger partial charge < -0.3 is 23.7 Å². The van der Waals surface area contributed by atoms with Crippen LogP contribution in [0.15, 0.2) is 97.6 Å². The molecular formula is C36H35BO8. The van der Waals surface area contributed by atoms with Gasteiger partial charge in [-0.15, -0.1) is 0 Å². The van der Waals surface area contributed by atoms with E-state index in [4.69, 9.17) is 23.7 Å². The number of carbonyl (C=O) groups is 3. The smallest absolute Gasteiger partial charge is 0.343 e. The van der Waals surface area contributed by atoms with E-state index in [1.165, 1.54) is 0 Å². The molecule has 0 aromatic heterocycles. The van der Waals surface area contributed by atoms with Gasteiger partial charge in [0.25, 0.3) is 0 Å². The summed E-state index contributed by atoms with van der Waals surface area (Å²) in [4.78, 5) is 36.7. The Morgan fingerprint density at radius 3 is 1.71 bits per heavy atom. The molecule has 4 rings (SSSR count). The van der Waals surface area contributed by atoms with Gasteiger partial charge in [0.2, 0.25) is 0 Å². The fourth-order valence-corrected chi connectivity index (χ4v) is 4.16. The van der Waals surface area contributed by atoms with Crippen molar-refractivity contribution in [1.29, 1.82) is 0 Å². The van der Waals surface area contributed by atoms with Crippen molar-refractivity contribution in [3.8, 4) is 23.0 Å². The third-order valence-corrected chi connectivity index (χ3v) is 7.02. The summed E-state index contributed by atoms with van der Waals surface area (Å²) in [5.74, 6) is 0.676. The number of esters is 3. The van der Waals surface area contributed by atoms with Crippen LogP contribution in [-0.2, 0) is 16.1 Å². The molecule has 0 atom stereocenters. The first kappa shape index (κ1) is 32.6. The fourth-order valence-electron chi connectivity index (χ4n) is 4.16. The van der Waals surface area contributed by atoms with Crippen molar-refractivity contribution in [3.05, 3.63) is 125 Å². The number of ether oxygens (including phenoxy) is 5. The highest BCUT2D eigenvalue weighted by Crippen LogP contribution is 2.30. The Bertz CT molecular complexity index is 1630. The summed E-state index contributed by atoms with van der Waals surface area (Å²) in [5.41, 5.74) is 4.21. The molecule has 230 valence electrons. The average molecular weight is 606 g/mol. The van der Waals surface area contributed by atoms with Crippen LogP contribution in [0.1, 0.15) is 50.2 Å². The lowest BCUT2D eigenvalue weighted by Gasteiger charge is -2.14. The zero-order valence-electron chi connectivity index (χ0n) is 25.7. The molecule has 9 heteroatoms. The Kier molecular flexibility index (Phi) is 11.6. The summed E-state index contributed by atoms with van der Waals surface area (Å²) in [6, 6.07) is 24.8. The van der Waals surface area contributed by atoms with Crippen LogP contribution >= 0.6 is 0 Å². The highest BCUT2D eigenvalue weighted by molar-refractivity contribution is 6.32. The van der Waals surface area contributed by atoms with Gasteiger partial charge in [-0.1, -0.05) is 36.3 Å². The molecule has 8 nitrogen and oxygen atoms in total. The fraction of sp³-hybridized carbons (Fsp3) is 0.194. The highest BCUT2D eigenvalue weighted by atomic mass is 16.5. The number of rotatable bonds is 14. The van der Waals surface area contributed by atoms with E-state index in [0.717, 1.165) is 22.9 Å². The maximum atomic E-state index is 12.9. The van der Waals surface area contributed by atoms with Crippen molar-refractivity contribution in [2.75, 3.05) is 13.2 Å². The molecule has 0 amide bonds. The van der Waals surface area contributed by atoms with E-state index in [-0.39, 0.29) is 0 Å². The first-order valence-electron chi connectivity index (χ1n) is 14.6. The number of unbranched alkanes of at least 4 members (excludes halogenated alkanes) is 1. The van der Waals surface area contributed by atoms with E-state index < -0.39 is 17.9 Å². The van der Waals surface area contributed by atoms with Crippen LogP contribution in [0, 0.1) is 13.8 Å². The quantitative estimate of drug-likeness (QED) is 0.0614. The molecule has 0 saturated carbocycles. The summed E-state index contributed by atoms with van der Waals surface area (Å²) >= 11 is 0. The van der Waals surface area contributed by atoms with Gasteiger partial charge in [-0.25, -0.2) is 14.4 Å². The van der Waals surface area contributed by atoms with Crippen molar-refractivity contribution < 1.29 is 38.1 Å². The van der Waals surface area contributed by atoms with Crippen LogP contribution in [0.25, 0.3) is 0 Å². The Morgan fingerprint density at radius 2 is 1.16 bits per heavy atom. The van der Waals surface area contributed by atoms with E-state index in [9.17, 15) is 14.4 Å². The minimum atomic E-state index is -0.524. The van der Waals surface area contributed by atoms with Gasteiger partial charge in [0.05, 0.1) is 24.3 Å². The number of hydrogen-bond acceptors (Lipinski definition) is 8. The maximum Gasteiger partial charge on any atom is 0.343 e. The van der Waals surface area contributed by atoms with Gasteiger partial charge in [0.1, 0.15) is 37.5 Å². The monoisotopic (exact) mass is 606 g/mol. The van der Waals surface area contributed by atoms with Crippen LogP contribution in [0.4, 0.5) is 0 Å². The molecule has 0 unspecified atom stereocenters. The Morgan fingerprint density at radius 1 is 0.667 bits per heavy atom. The largest absolute Gasteiger partial charge is 0.494 e. The molecule has 45 heavy (non-hydrogen) atoms. The zero-order valence-corrected chi connectivity index (χ0v) is 25.7. The van der Waals surface area contributed by atoms with E-state index in [2.05, 4.69) is 6.58 Å². The minimum absolute atomic E-state index is 0.307. The van der Waals surface area contributed by atoms with Crippen molar-refractivity contribution in [2.24, 2.45) is 0 Å². The van der Waals surface area contributed by atoms with E-state index in [1.54, 1.807) is 62.4 Å². The normalized spacial score (nSPS) is 10.4. The topological polar surface area (TPSA) is 97.4 Å². The molecule has 0 aliphatic rings. The summed E-state index contributed by atoms with van der Waals surface area (Å²) in [7, 11) is 2.02. The molecule has 0 saturated heterocycles. The van der Waals surface area contributed by atoms with Crippen LogP contribution in [-0.4, -0.2) is 39.0 Å². The molecule has 0 spiro atoms. The second-order valence-corrected chi connectivity index (χ2v) is 10.3. The summed E-state index contributed by atoms with van der Waals surface area (Å²) < 4.78 is 27.7. The molecule has 0 heterocycles. The summed E-state index contributed by atoms with van der Waals surface area (Å²) in [6.45, 7) is 8.08. The highest BCUT2D eigenvalue weighted by Gasteiger charge is 2.17. The van der Waals surface area contributed by atoms with Gasteiger partial charge in [0, 0.05) is 6.08 Å². The molecule has 0 bridgehead atoms. The second-order valence-electron chi connectivity index (χ2n) is 10.3. The molecule has 4 aromatic carbocycles. The molecule has 0 aliphatic heterocycles. The third kappa shape index (κ3) is 9.59. The average Bonchev–Trinajstić information content (AvgIpc) is 3.06. The predicted molar refractivity (Wildman–Crippen MR) is 174 cm³/mol. The van der Waals surface area contributed by atoms with Gasteiger partial charge in [-0.2, -0.15) is 0 Å². The molecular weight excluding hydrogens is 571 g/mol. The van der Waals surface area contributed by atoms with Crippen molar-refractivity contribution in [1.82, 2.24) is 0 Å². The number of benzene rings is 4. The third-order valence-electron chi connectivity index (χ3n) is 7.02. The maximum absolute atomic E-state index is 12.9. The van der Waals surface area contributed by atoms with Gasteiger partial charge in [0.15, 0.2) is 0 Å². The standard InChI is InChI=1S/C36H35BO8/c1-4-34(38)42-22-6-5-21-41-30-15-11-28(12-16-30)36(40)45-33-20-19-32(24(2)25(33)3)44-35(39)27-9-7-26(8-10-27)23-43-31-17-13-29(37)14-18-31/h4,7-20H,1,5-6,21-23,37H2,2-3H3. The molecule has 0 radical (unpaired) electrons. The number of hydrogen-bond donors (Lipinski definition) is 0. The minimum Gasteiger partial charge on any atom is -0.494 e. The Hall–Kier alpha value is -5.31. The lowest BCUT2D eigenvalue weighted by Crippen LogP contribution is -2.12. The molecule has 0 aliphatic carbocycles. The first-order valence-corrected chi connectivity index (χ1v) is 14.6. The molecule has 0 N–H and O–H groups in total. The Balaban J connectivity index is 1.27. The van der Waals surface area contributed by atoms with Crippen LogP contribution in [0.5, 0.6) is 23.0 Å². The van der Waals surface area contributed by atoms with Crippen molar-refractivity contribution in [3.63, 3.8) is 0 Å². The Labute approximate surface area is 263 Å². The predicted octanol–water partition coefficient (Wildman–Crippen LogP) is 5.47. The SMILES string of the molecule is Bc1ccc(OCc2ccc(C(=O)Oc3ccc(OC(=O)c4ccc(OCCCCOC(=O)C=C)cc4)c(C)c3C)cc2)cc1. The van der Waals surface area contributed by atoms with Crippen molar-refractivity contribution in [2.45, 2.75) is 33.3 Å². The van der Waals surface area contributed by atoms with Crippen LogP contribution in [0.3, 0.4) is 0 Å². The summed E-state index contributed by atoms with van der Waals surface area (Å²) in [6.07, 6.45) is 2.50. The number of carbonyl (C=O) groups excluding carboxylic acids is 3. The van der Waals surface area contributed by atoms with Crippen molar-refractivity contribution >= 4 is 31.2 Å². The molecule has 0 fully saturated rings.